The number of benzene rings is 2. The second kappa shape index (κ2) is 6.64. The van der Waals surface area contributed by atoms with Gasteiger partial charge >= 0.3 is 6.18 Å². The maximum atomic E-state index is 13.5. The van der Waals surface area contributed by atoms with Crippen molar-refractivity contribution in [3.05, 3.63) is 71.0 Å². The number of rotatable bonds is 4. The van der Waals surface area contributed by atoms with Crippen LogP contribution in [-0.2, 0) is 6.18 Å². The molecule has 6 heteroatoms. The summed E-state index contributed by atoms with van der Waals surface area (Å²) in [6.07, 6.45) is -1.90. The molecule has 0 atom stereocenters. The fourth-order valence-corrected chi connectivity index (χ4v) is 1.88. The number of allylic oxidation sites excluding steroid dienone is 1. The zero-order valence-electron chi connectivity index (χ0n) is 12.0. The molecule has 2 aromatic rings. The maximum absolute atomic E-state index is 13.5. The number of alkyl halides is 3. The predicted molar refractivity (Wildman–Crippen MR) is 77.8 cm³/mol. The minimum absolute atomic E-state index is 0.0798. The Hall–Kier alpha value is -2.63. The number of halogens is 4. The predicted octanol–water partition coefficient (Wildman–Crippen LogP) is 4.75. The van der Waals surface area contributed by atoms with E-state index >= 15 is 0 Å². The second-order valence-corrected chi connectivity index (χ2v) is 4.67. The largest absolute Gasteiger partial charge is 0.494 e. The number of methoxy groups -OCH3 is 1. The smallest absolute Gasteiger partial charge is 0.416 e. The van der Waals surface area contributed by atoms with E-state index in [9.17, 15) is 22.4 Å². The van der Waals surface area contributed by atoms with Crippen LogP contribution in [0.4, 0.5) is 17.6 Å². The molecule has 0 N–H and O–H groups in total. The molecular weight excluding hydrogens is 312 g/mol. The van der Waals surface area contributed by atoms with Crippen LogP contribution in [0, 0.1) is 5.82 Å². The third-order valence-corrected chi connectivity index (χ3v) is 3.10. The fourth-order valence-electron chi connectivity index (χ4n) is 1.88. The van der Waals surface area contributed by atoms with Crippen molar-refractivity contribution in [2.75, 3.05) is 7.11 Å². The maximum Gasteiger partial charge on any atom is 0.416 e. The van der Waals surface area contributed by atoms with E-state index in [4.69, 9.17) is 4.74 Å². The lowest BCUT2D eigenvalue weighted by Gasteiger charge is -2.06. The molecule has 0 saturated heterocycles. The summed E-state index contributed by atoms with van der Waals surface area (Å²) in [5, 5.41) is 0. The average Bonchev–Trinajstić information content (AvgIpc) is 2.52. The van der Waals surface area contributed by atoms with E-state index in [2.05, 4.69) is 0 Å². The molecule has 0 amide bonds. The summed E-state index contributed by atoms with van der Waals surface area (Å²) in [5.74, 6) is -0.970. The van der Waals surface area contributed by atoms with Gasteiger partial charge in [-0.3, -0.25) is 4.79 Å². The van der Waals surface area contributed by atoms with E-state index in [0.29, 0.717) is 5.56 Å². The van der Waals surface area contributed by atoms with Crippen molar-refractivity contribution in [3.8, 4) is 5.75 Å². The summed E-state index contributed by atoms with van der Waals surface area (Å²) in [6, 6.07) is 8.04. The van der Waals surface area contributed by atoms with E-state index in [1.165, 1.54) is 31.4 Å². The Morgan fingerprint density at radius 1 is 1.09 bits per heavy atom. The summed E-state index contributed by atoms with van der Waals surface area (Å²) in [4.78, 5) is 11.9. The molecule has 0 fully saturated rings. The van der Waals surface area contributed by atoms with Crippen LogP contribution in [0.2, 0.25) is 0 Å². The van der Waals surface area contributed by atoms with E-state index in [-0.39, 0.29) is 11.3 Å². The second-order valence-electron chi connectivity index (χ2n) is 4.67. The molecule has 120 valence electrons. The zero-order valence-corrected chi connectivity index (χ0v) is 12.0. The molecule has 0 aliphatic rings. The molecule has 2 rings (SSSR count). The van der Waals surface area contributed by atoms with E-state index in [0.717, 1.165) is 24.3 Å². The van der Waals surface area contributed by atoms with Gasteiger partial charge in [0, 0.05) is 5.56 Å². The number of ketones is 1. The first-order valence-corrected chi connectivity index (χ1v) is 6.54. The monoisotopic (exact) mass is 324 g/mol. The molecule has 2 nitrogen and oxygen atoms in total. The van der Waals surface area contributed by atoms with Crippen LogP contribution in [0.3, 0.4) is 0 Å². The number of hydrogen-bond acceptors (Lipinski definition) is 2. The summed E-state index contributed by atoms with van der Waals surface area (Å²) in [6.45, 7) is 0. The summed E-state index contributed by atoms with van der Waals surface area (Å²) in [5.41, 5.74) is -0.276. The van der Waals surface area contributed by atoms with Crippen molar-refractivity contribution in [1.82, 2.24) is 0 Å². The minimum Gasteiger partial charge on any atom is -0.494 e. The van der Waals surface area contributed by atoms with Gasteiger partial charge in [-0.1, -0.05) is 24.3 Å². The van der Waals surface area contributed by atoms with Crippen LogP contribution in [0.25, 0.3) is 6.08 Å². The molecule has 0 aliphatic carbocycles. The minimum atomic E-state index is -4.45. The molecule has 0 aromatic heterocycles. The van der Waals surface area contributed by atoms with Crippen LogP contribution < -0.4 is 4.74 Å². The Morgan fingerprint density at radius 3 is 2.26 bits per heavy atom. The number of ether oxygens (including phenoxy) is 1. The summed E-state index contributed by atoms with van der Waals surface area (Å²) in [7, 11) is 1.34. The average molecular weight is 324 g/mol. The SMILES string of the molecule is COc1ccc(C=CC(=O)c2ccc(C(F)(F)F)cc2)cc1F. The van der Waals surface area contributed by atoms with E-state index in [1.54, 1.807) is 6.07 Å². The number of carbonyl (C=O) groups excluding carboxylic acids is 1. The third-order valence-electron chi connectivity index (χ3n) is 3.10. The molecule has 0 saturated carbocycles. The van der Waals surface area contributed by atoms with Gasteiger partial charge in [-0.05, 0) is 35.9 Å². The molecule has 0 unspecified atom stereocenters. The first-order chi connectivity index (χ1) is 10.8. The molecule has 0 aliphatic heterocycles. The van der Waals surface area contributed by atoms with E-state index in [1.807, 2.05) is 0 Å². The van der Waals surface area contributed by atoms with Crippen LogP contribution in [-0.4, -0.2) is 12.9 Å². The number of carbonyl (C=O) groups is 1. The van der Waals surface area contributed by atoms with Gasteiger partial charge in [0.1, 0.15) is 0 Å². The van der Waals surface area contributed by atoms with Gasteiger partial charge < -0.3 is 4.74 Å². The first kappa shape index (κ1) is 16.7. The highest BCUT2D eigenvalue weighted by Crippen LogP contribution is 2.29. The van der Waals surface area contributed by atoms with Crippen molar-refractivity contribution >= 4 is 11.9 Å². The Kier molecular flexibility index (Phi) is 4.83. The summed E-state index contributed by atoms with van der Waals surface area (Å²) < 4.78 is 55.6. The van der Waals surface area contributed by atoms with Crippen molar-refractivity contribution in [3.63, 3.8) is 0 Å². The number of hydrogen-bond donors (Lipinski definition) is 0. The first-order valence-electron chi connectivity index (χ1n) is 6.54. The molecule has 0 bridgehead atoms. The van der Waals surface area contributed by atoms with Gasteiger partial charge in [0.05, 0.1) is 12.7 Å². The Balaban J connectivity index is 2.13. The molecule has 0 heterocycles. The molecule has 0 radical (unpaired) electrons. The van der Waals surface area contributed by atoms with Gasteiger partial charge in [0.2, 0.25) is 0 Å². The van der Waals surface area contributed by atoms with Crippen molar-refractivity contribution < 1.29 is 27.1 Å². The van der Waals surface area contributed by atoms with Crippen molar-refractivity contribution in [2.45, 2.75) is 6.18 Å². The van der Waals surface area contributed by atoms with Crippen LogP contribution in [0.1, 0.15) is 21.5 Å². The highest BCUT2D eigenvalue weighted by molar-refractivity contribution is 6.06. The van der Waals surface area contributed by atoms with Crippen molar-refractivity contribution in [1.29, 1.82) is 0 Å². The van der Waals surface area contributed by atoms with Crippen molar-refractivity contribution in [2.24, 2.45) is 0 Å². The Bertz CT molecular complexity index is 731. The lowest BCUT2D eigenvalue weighted by Crippen LogP contribution is -2.05. The van der Waals surface area contributed by atoms with Gasteiger partial charge in [-0.2, -0.15) is 13.2 Å². The normalized spacial score (nSPS) is 11.7. The van der Waals surface area contributed by atoms with Crippen LogP contribution in [0.5, 0.6) is 5.75 Å². The van der Waals surface area contributed by atoms with Gasteiger partial charge in [-0.25, -0.2) is 4.39 Å². The van der Waals surface area contributed by atoms with Gasteiger partial charge in [0.15, 0.2) is 17.3 Å². The topological polar surface area (TPSA) is 26.3 Å². The Labute approximate surface area is 130 Å². The summed E-state index contributed by atoms with van der Waals surface area (Å²) >= 11 is 0. The molecule has 2 aromatic carbocycles. The zero-order chi connectivity index (χ0) is 17.0. The quantitative estimate of drug-likeness (QED) is 0.461. The Morgan fingerprint density at radius 2 is 1.74 bits per heavy atom. The molecule has 0 spiro atoms. The van der Waals surface area contributed by atoms with Gasteiger partial charge in [-0.15, -0.1) is 0 Å². The fraction of sp³-hybridized carbons (Fsp3) is 0.118. The van der Waals surface area contributed by atoms with Gasteiger partial charge in [0.25, 0.3) is 0 Å². The molecular formula is C17H12F4O2. The van der Waals surface area contributed by atoms with Crippen LogP contribution >= 0.6 is 0 Å². The van der Waals surface area contributed by atoms with E-state index < -0.39 is 23.3 Å². The lowest BCUT2D eigenvalue weighted by atomic mass is 10.1. The molecule has 23 heavy (non-hydrogen) atoms. The highest BCUT2D eigenvalue weighted by atomic mass is 19.4. The third kappa shape index (κ3) is 4.18. The standard InChI is InChI=1S/C17H12F4O2/c1-23-16-9-3-11(10-14(16)18)2-8-15(22)12-4-6-13(7-5-12)17(19,20)21/h2-10H,1H3. The highest BCUT2D eigenvalue weighted by Gasteiger charge is 2.30. The van der Waals surface area contributed by atoms with Crippen LogP contribution in [0.15, 0.2) is 48.5 Å². The lowest BCUT2D eigenvalue weighted by molar-refractivity contribution is -0.137.